The summed E-state index contributed by atoms with van der Waals surface area (Å²) in [6.07, 6.45) is 2.61. The van der Waals surface area contributed by atoms with E-state index in [4.69, 9.17) is 15.7 Å². The van der Waals surface area contributed by atoms with Gasteiger partial charge in [0.05, 0.1) is 23.6 Å². The van der Waals surface area contributed by atoms with E-state index in [-0.39, 0.29) is 6.10 Å². The van der Waals surface area contributed by atoms with Crippen LogP contribution in [0.1, 0.15) is 25.8 Å². The first-order chi connectivity index (χ1) is 10.1. The molecule has 108 valence electrons. The fraction of sp³-hybridized carbons (Fsp3) is 0.250. The molecule has 1 atom stereocenters. The Hall–Kier alpha value is -2.74. The molecule has 0 saturated carbocycles. The number of benzene rings is 1. The summed E-state index contributed by atoms with van der Waals surface area (Å²) in [6.45, 7) is 4.10. The van der Waals surface area contributed by atoms with Crippen LogP contribution in [0.25, 0.3) is 0 Å². The van der Waals surface area contributed by atoms with Crippen molar-refractivity contribution in [3.8, 4) is 11.8 Å². The molecule has 0 radical (unpaired) electrons. The van der Waals surface area contributed by atoms with Gasteiger partial charge in [0.2, 0.25) is 0 Å². The van der Waals surface area contributed by atoms with Gasteiger partial charge < -0.3 is 15.8 Å². The second-order valence-electron chi connectivity index (χ2n) is 4.77. The number of anilines is 3. The maximum absolute atomic E-state index is 9.12. The van der Waals surface area contributed by atoms with Gasteiger partial charge >= 0.3 is 0 Å². The van der Waals surface area contributed by atoms with Gasteiger partial charge in [-0.25, -0.2) is 4.98 Å². The number of nitriles is 1. The molecule has 1 aromatic carbocycles. The molecule has 2 rings (SSSR count). The summed E-state index contributed by atoms with van der Waals surface area (Å²) in [5.41, 5.74) is 7.31. The fourth-order valence-corrected chi connectivity index (χ4v) is 1.77. The molecule has 0 fully saturated rings. The molecule has 0 aliphatic rings. The molecule has 1 unspecified atom stereocenters. The third-order valence-corrected chi connectivity index (χ3v) is 3.04. The lowest BCUT2D eigenvalue weighted by atomic mass is 10.2. The summed E-state index contributed by atoms with van der Waals surface area (Å²) in [6, 6.07) is 11.2. The number of nitrogens with two attached hydrogens (primary N) is 1. The molecule has 0 amide bonds. The van der Waals surface area contributed by atoms with Crippen LogP contribution >= 0.6 is 0 Å². The van der Waals surface area contributed by atoms with Gasteiger partial charge in [0.25, 0.3) is 0 Å². The monoisotopic (exact) mass is 282 g/mol. The normalized spacial score (nSPS) is 11.5. The molecule has 0 bridgehead atoms. The van der Waals surface area contributed by atoms with Crippen molar-refractivity contribution in [1.82, 2.24) is 4.98 Å². The zero-order chi connectivity index (χ0) is 15.2. The highest BCUT2D eigenvalue weighted by Crippen LogP contribution is 2.24. The van der Waals surface area contributed by atoms with E-state index in [1.165, 1.54) is 6.20 Å². The van der Waals surface area contributed by atoms with Crippen LogP contribution in [0.4, 0.5) is 17.2 Å². The van der Waals surface area contributed by atoms with Gasteiger partial charge in [-0.15, -0.1) is 0 Å². The molecule has 5 nitrogen and oxygen atoms in total. The topological polar surface area (TPSA) is 84.0 Å². The van der Waals surface area contributed by atoms with Crippen LogP contribution in [0, 0.1) is 11.3 Å². The number of rotatable bonds is 5. The largest absolute Gasteiger partial charge is 0.491 e. The van der Waals surface area contributed by atoms with Crippen LogP contribution in [-0.4, -0.2) is 11.1 Å². The highest BCUT2D eigenvalue weighted by molar-refractivity contribution is 5.65. The lowest BCUT2D eigenvalue weighted by molar-refractivity contribution is 0.217. The molecule has 21 heavy (non-hydrogen) atoms. The van der Waals surface area contributed by atoms with Crippen molar-refractivity contribution in [2.75, 3.05) is 11.1 Å². The van der Waals surface area contributed by atoms with Crippen LogP contribution in [-0.2, 0) is 0 Å². The summed E-state index contributed by atoms with van der Waals surface area (Å²) in [5, 5.41) is 12.2. The predicted molar refractivity (Wildman–Crippen MR) is 83.5 cm³/mol. The highest BCUT2D eigenvalue weighted by atomic mass is 16.5. The minimum absolute atomic E-state index is 0.157. The number of ether oxygens (including phenoxy) is 1. The minimum atomic E-state index is 0.157. The zero-order valence-electron chi connectivity index (χ0n) is 12.1. The quantitative estimate of drug-likeness (QED) is 0.877. The molecule has 2 aromatic rings. The minimum Gasteiger partial charge on any atom is -0.491 e. The third-order valence-electron chi connectivity index (χ3n) is 3.04. The van der Waals surface area contributed by atoms with Crippen molar-refractivity contribution in [2.45, 2.75) is 26.4 Å². The van der Waals surface area contributed by atoms with E-state index < -0.39 is 0 Å². The number of hydrogen-bond acceptors (Lipinski definition) is 5. The molecule has 3 N–H and O–H groups in total. The smallest absolute Gasteiger partial charge is 0.148 e. The highest BCUT2D eigenvalue weighted by Gasteiger charge is 2.06. The number of hydrogen-bond donors (Lipinski definition) is 2. The molecule has 1 aromatic heterocycles. The summed E-state index contributed by atoms with van der Waals surface area (Å²) < 4.78 is 5.77. The average molecular weight is 282 g/mol. The molecule has 5 heteroatoms. The lowest BCUT2D eigenvalue weighted by Crippen LogP contribution is -2.09. The first kappa shape index (κ1) is 14.7. The van der Waals surface area contributed by atoms with Crippen LogP contribution < -0.4 is 15.8 Å². The van der Waals surface area contributed by atoms with Gasteiger partial charge in [0.1, 0.15) is 17.6 Å². The van der Waals surface area contributed by atoms with Crippen molar-refractivity contribution in [3.05, 3.63) is 42.1 Å². The first-order valence-electron chi connectivity index (χ1n) is 6.81. The van der Waals surface area contributed by atoms with Crippen molar-refractivity contribution in [3.63, 3.8) is 0 Å². The van der Waals surface area contributed by atoms with E-state index in [0.29, 0.717) is 17.1 Å². The summed E-state index contributed by atoms with van der Waals surface area (Å²) >= 11 is 0. The molecule has 0 aliphatic heterocycles. The van der Waals surface area contributed by atoms with E-state index >= 15 is 0 Å². The Morgan fingerprint density at radius 1 is 1.43 bits per heavy atom. The van der Waals surface area contributed by atoms with Crippen LogP contribution in [0.2, 0.25) is 0 Å². The van der Waals surface area contributed by atoms with Crippen LogP contribution in [0.5, 0.6) is 5.75 Å². The van der Waals surface area contributed by atoms with Gasteiger partial charge in [-0.1, -0.05) is 13.0 Å². The van der Waals surface area contributed by atoms with E-state index in [1.54, 1.807) is 6.07 Å². The Labute approximate surface area is 124 Å². The molecule has 0 saturated heterocycles. The lowest BCUT2D eigenvalue weighted by Gasteiger charge is -2.14. The standard InChI is InChI=1S/C16H18N4O/c1-3-11(2)21-15-6-4-5-14(8-15)20-16-12(9-17)7-13(18)10-19-16/h4-8,10-11H,3,18H2,1-2H3,(H,19,20). The van der Waals surface area contributed by atoms with Crippen molar-refractivity contribution in [1.29, 1.82) is 5.26 Å². The second-order valence-corrected chi connectivity index (χ2v) is 4.77. The Bertz CT molecular complexity index is 664. The first-order valence-corrected chi connectivity index (χ1v) is 6.81. The number of nitrogens with zero attached hydrogens (tertiary/aromatic N) is 2. The maximum Gasteiger partial charge on any atom is 0.148 e. The molecular formula is C16H18N4O. The Morgan fingerprint density at radius 3 is 2.95 bits per heavy atom. The number of pyridine rings is 1. The van der Waals surface area contributed by atoms with Crippen molar-refractivity contribution >= 4 is 17.2 Å². The van der Waals surface area contributed by atoms with E-state index in [1.807, 2.05) is 31.2 Å². The Kier molecular flexibility index (Phi) is 4.62. The molecule has 0 spiro atoms. The number of nitrogens with one attached hydrogen (secondary N) is 1. The predicted octanol–water partition coefficient (Wildman–Crippen LogP) is 3.46. The second kappa shape index (κ2) is 6.62. The Balaban J connectivity index is 2.20. The number of aromatic nitrogens is 1. The summed E-state index contributed by atoms with van der Waals surface area (Å²) in [7, 11) is 0. The van der Waals surface area contributed by atoms with E-state index in [0.717, 1.165) is 17.9 Å². The zero-order valence-corrected chi connectivity index (χ0v) is 12.1. The molecule has 1 heterocycles. The molecule has 0 aliphatic carbocycles. The maximum atomic E-state index is 9.12. The van der Waals surface area contributed by atoms with Gasteiger partial charge in [-0.2, -0.15) is 5.26 Å². The van der Waals surface area contributed by atoms with Gasteiger partial charge in [-0.3, -0.25) is 0 Å². The van der Waals surface area contributed by atoms with E-state index in [9.17, 15) is 0 Å². The van der Waals surface area contributed by atoms with Gasteiger partial charge in [0.15, 0.2) is 0 Å². The van der Waals surface area contributed by atoms with Crippen LogP contribution in [0.3, 0.4) is 0 Å². The van der Waals surface area contributed by atoms with E-state index in [2.05, 4.69) is 23.3 Å². The third kappa shape index (κ3) is 3.86. The summed E-state index contributed by atoms with van der Waals surface area (Å²) in [5.74, 6) is 1.26. The van der Waals surface area contributed by atoms with Crippen molar-refractivity contribution < 1.29 is 4.74 Å². The fourth-order valence-electron chi connectivity index (χ4n) is 1.77. The number of nitrogen functional groups attached to an aromatic ring is 1. The van der Waals surface area contributed by atoms with Gasteiger partial charge in [-0.05, 0) is 31.5 Å². The average Bonchev–Trinajstić information content (AvgIpc) is 2.49. The molecular weight excluding hydrogens is 264 g/mol. The van der Waals surface area contributed by atoms with Gasteiger partial charge in [0, 0.05) is 11.8 Å². The van der Waals surface area contributed by atoms with Crippen molar-refractivity contribution in [2.24, 2.45) is 0 Å². The Morgan fingerprint density at radius 2 is 2.24 bits per heavy atom. The SMILES string of the molecule is CCC(C)Oc1cccc(Nc2ncc(N)cc2C#N)c1. The van der Waals surface area contributed by atoms with Crippen LogP contribution in [0.15, 0.2) is 36.5 Å². The summed E-state index contributed by atoms with van der Waals surface area (Å²) in [4.78, 5) is 4.15.